The Morgan fingerprint density at radius 1 is 1.33 bits per heavy atom. The van der Waals surface area contributed by atoms with Crippen LogP contribution in [0.15, 0.2) is 0 Å². The van der Waals surface area contributed by atoms with E-state index in [1.165, 1.54) is 0 Å². The molecule has 0 saturated carbocycles. The monoisotopic (exact) mass is 173 g/mol. The number of hydrogen-bond acceptors (Lipinski definition) is 1. The Hall–Kier alpha value is 0.309. The molecule has 0 rings (SSSR count). The van der Waals surface area contributed by atoms with Gasteiger partial charge in [-0.3, -0.25) is 0 Å². The molecule has 0 aliphatic rings. The van der Waals surface area contributed by atoms with Gasteiger partial charge in [-0.15, -0.1) is 0 Å². The second-order valence-electron chi connectivity index (χ2n) is 0.283. The molecule has 0 fully saturated rings. The third-order valence-electron chi connectivity index (χ3n) is 0. The Morgan fingerprint density at radius 2 is 1.33 bits per heavy atom. The summed E-state index contributed by atoms with van der Waals surface area (Å²) < 4.78 is 0. The topological polar surface area (TPSA) is 57.5 Å². The molecular weight excluding hydrogens is 171 g/mol. The van der Waals surface area contributed by atoms with Crippen molar-refractivity contribution < 1.29 is 49.1 Å². The van der Waals surface area contributed by atoms with Crippen LogP contribution >= 0.6 is 0 Å². The van der Waals surface area contributed by atoms with Gasteiger partial charge in [0.05, 0.1) is 0 Å². The zero-order chi connectivity index (χ0) is 3.58. The maximum atomic E-state index is 8.56. The molecule has 0 aromatic heterocycles. The van der Waals surface area contributed by atoms with E-state index in [-0.39, 0.29) is 34.1 Å². The first-order valence-corrected chi connectivity index (χ1v) is 0.651. The molecule has 6 heavy (non-hydrogen) atoms. The van der Waals surface area contributed by atoms with Crippen LogP contribution in [0.5, 0.6) is 0 Å². The third kappa shape index (κ3) is 494. The molecule has 0 aromatic carbocycles. The van der Waals surface area contributed by atoms with Gasteiger partial charge in [-0.25, -0.2) is 4.79 Å². The summed E-state index contributed by atoms with van der Waals surface area (Å²) in [6, 6.07) is 0. The summed E-state index contributed by atoms with van der Waals surface area (Å²) in [6.07, 6.45) is -1.83. The van der Waals surface area contributed by atoms with Gasteiger partial charge in [-0.2, -0.15) is 0 Å². The summed E-state index contributed by atoms with van der Waals surface area (Å²) in [6.45, 7) is 0. The van der Waals surface area contributed by atoms with Crippen molar-refractivity contribution in [2.24, 2.45) is 0 Å². The smallest absolute Gasteiger partial charge is 0.450 e. The predicted octanol–water partition coefficient (Wildman–Crippen LogP) is 0.217. The molecule has 39 valence electrons. The first kappa shape index (κ1) is 16.2. The molecule has 2 N–H and O–H groups in total. The van der Waals surface area contributed by atoms with Gasteiger partial charge in [0.15, 0.2) is 0 Å². The van der Waals surface area contributed by atoms with Gasteiger partial charge in [-0.1, -0.05) is 0 Å². The summed E-state index contributed by atoms with van der Waals surface area (Å²) in [4.78, 5) is 8.56. The van der Waals surface area contributed by atoms with Crippen LogP contribution in [0.1, 0.15) is 0 Å². The van der Waals surface area contributed by atoms with Crippen molar-refractivity contribution in [2.75, 3.05) is 0 Å². The minimum Gasteiger partial charge on any atom is -0.450 e. The van der Waals surface area contributed by atoms with Crippen LogP contribution < -0.4 is 0 Å². The van der Waals surface area contributed by atoms with Crippen molar-refractivity contribution in [1.29, 1.82) is 0 Å². The number of carboxylic acid groups (broad SMARTS) is 2. The molecule has 0 heterocycles. The molecular formula is CH2FeMnO3. The normalized spacial score (nSPS) is 4.00. The van der Waals surface area contributed by atoms with Gasteiger partial charge >= 0.3 is 6.16 Å². The maximum Gasteiger partial charge on any atom is 0.503 e. The van der Waals surface area contributed by atoms with Crippen LogP contribution in [0, 0.1) is 0 Å². The SMILES string of the molecule is O=C(O)O.[Fe].[Mn]. The molecule has 0 atom stereocenters. The molecule has 5 heteroatoms. The minimum atomic E-state index is -1.83. The van der Waals surface area contributed by atoms with Crippen LogP contribution in [0.4, 0.5) is 4.79 Å². The quantitative estimate of drug-likeness (QED) is 0.514. The maximum absolute atomic E-state index is 8.56. The largest absolute Gasteiger partial charge is 0.503 e. The molecule has 0 saturated heterocycles. The summed E-state index contributed by atoms with van der Waals surface area (Å²) in [5, 5.41) is 13.9. The first-order chi connectivity index (χ1) is 1.73. The Labute approximate surface area is 55.7 Å². The van der Waals surface area contributed by atoms with E-state index in [0.717, 1.165) is 0 Å². The van der Waals surface area contributed by atoms with Crippen LogP contribution in [0.25, 0.3) is 0 Å². The summed E-state index contributed by atoms with van der Waals surface area (Å²) >= 11 is 0. The fourth-order valence-electron chi connectivity index (χ4n) is 0. The summed E-state index contributed by atoms with van der Waals surface area (Å²) in [5.41, 5.74) is 0. The van der Waals surface area contributed by atoms with Crippen molar-refractivity contribution in [3.05, 3.63) is 0 Å². The van der Waals surface area contributed by atoms with Crippen molar-refractivity contribution >= 4 is 6.16 Å². The Morgan fingerprint density at radius 3 is 1.33 bits per heavy atom. The Balaban J connectivity index is -0.0000000450. The van der Waals surface area contributed by atoms with E-state index in [0.29, 0.717) is 0 Å². The van der Waals surface area contributed by atoms with Crippen LogP contribution in [0.2, 0.25) is 0 Å². The third-order valence-corrected chi connectivity index (χ3v) is 0. The minimum absolute atomic E-state index is 0. The molecule has 1 radical (unpaired) electrons. The van der Waals surface area contributed by atoms with E-state index in [1.807, 2.05) is 0 Å². The second-order valence-corrected chi connectivity index (χ2v) is 0.283. The van der Waals surface area contributed by atoms with E-state index in [9.17, 15) is 0 Å². The molecule has 0 bridgehead atoms. The van der Waals surface area contributed by atoms with Gasteiger partial charge in [0, 0.05) is 34.1 Å². The second kappa shape index (κ2) is 9.00. The molecule has 0 aromatic rings. The molecule has 3 nitrogen and oxygen atoms in total. The van der Waals surface area contributed by atoms with Gasteiger partial charge in [-0.05, 0) is 0 Å². The zero-order valence-electron chi connectivity index (χ0n) is 2.53. The Bertz CT molecular complexity index is 33.8. The predicted molar refractivity (Wildman–Crippen MR) is 10.7 cm³/mol. The molecule has 0 aliphatic carbocycles. The fraction of sp³-hybridized carbons (Fsp3) is 0. The fourth-order valence-corrected chi connectivity index (χ4v) is 0. The van der Waals surface area contributed by atoms with E-state index < -0.39 is 6.16 Å². The standard InChI is InChI=1S/CH2O3.Fe.Mn/c2-1(3)4;;/h(H2,2,3,4);;. The van der Waals surface area contributed by atoms with Gasteiger partial charge in [0.25, 0.3) is 0 Å². The van der Waals surface area contributed by atoms with E-state index >= 15 is 0 Å². The van der Waals surface area contributed by atoms with E-state index in [4.69, 9.17) is 15.0 Å². The van der Waals surface area contributed by atoms with Crippen molar-refractivity contribution in [3.8, 4) is 0 Å². The Kier molecular flexibility index (Phi) is 24.4. The van der Waals surface area contributed by atoms with Crippen molar-refractivity contribution in [2.45, 2.75) is 0 Å². The van der Waals surface area contributed by atoms with Gasteiger partial charge < -0.3 is 10.2 Å². The first-order valence-electron chi connectivity index (χ1n) is 0.651. The number of rotatable bonds is 0. The van der Waals surface area contributed by atoms with Crippen molar-refractivity contribution in [1.82, 2.24) is 0 Å². The van der Waals surface area contributed by atoms with Gasteiger partial charge in [0.1, 0.15) is 0 Å². The average molecular weight is 173 g/mol. The summed E-state index contributed by atoms with van der Waals surface area (Å²) in [7, 11) is 0. The van der Waals surface area contributed by atoms with Gasteiger partial charge in [0.2, 0.25) is 0 Å². The molecule has 0 amide bonds. The van der Waals surface area contributed by atoms with Crippen LogP contribution in [0.3, 0.4) is 0 Å². The zero-order valence-corrected chi connectivity index (χ0v) is 4.82. The van der Waals surface area contributed by atoms with Crippen LogP contribution in [-0.4, -0.2) is 16.4 Å². The number of hydrogen-bond donors (Lipinski definition) is 2. The summed E-state index contributed by atoms with van der Waals surface area (Å²) in [5.74, 6) is 0. The molecule has 0 spiro atoms. The van der Waals surface area contributed by atoms with Crippen LogP contribution in [-0.2, 0) is 34.1 Å². The number of carbonyl (C=O) groups is 1. The van der Waals surface area contributed by atoms with E-state index in [2.05, 4.69) is 0 Å². The molecule has 0 unspecified atom stereocenters. The average Bonchev–Trinajstić information content (AvgIpc) is 0.811. The van der Waals surface area contributed by atoms with E-state index in [1.54, 1.807) is 0 Å². The molecule has 0 aliphatic heterocycles. The van der Waals surface area contributed by atoms with Crippen molar-refractivity contribution in [3.63, 3.8) is 0 Å².